The number of hydrazine groups is 1. The van der Waals surface area contributed by atoms with Crippen molar-refractivity contribution in [3.63, 3.8) is 0 Å². The van der Waals surface area contributed by atoms with Crippen molar-refractivity contribution in [1.82, 2.24) is 23.5 Å². The number of amides is 2. The molecule has 3 heterocycles. The van der Waals surface area contributed by atoms with Gasteiger partial charge in [-0.1, -0.05) is 49.6 Å². The first-order valence-corrected chi connectivity index (χ1v) is 16.1. The topological polar surface area (TPSA) is 121 Å². The number of carbonyl (C=O) groups is 2. The largest absolute Gasteiger partial charge is 0.336 e. The molecule has 0 spiro atoms. The van der Waals surface area contributed by atoms with Crippen LogP contribution in [0.25, 0.3) is 28.2 Å². The van der Waals surface area contributed by atoms with Crippen molar-refractivity contribution in [3.8, 4) is 11.3 Å². The van der Waals surface area contributed by atoms with Gasteiger partial charge >= 0.3 is 10.2 Å². The second-order valence-corrected chi connectivity index (χ2v) is 13.6. The second kappa shape index (κ2) is 11.3. The Labute approximate surface area is 246 Å². The van der Waals surface area contributed by atoms with E-state index in [1.54, 1.807) is 17.1 Å². The molecule has 0 atom stereocenters. The molecule has 6 rings (SSSR count). The van der Waals surface area contributed by atoms with Crippen LogP contribution in [0, 0.1) is 0 Å². The summed E-state index contributed by atoms with van der Waals surface area (Å²) < 4.78 is 30.1. The molecule has 2 fully saturated rings. The first kappa shape index (κ1) is 28.6. The molecule has 42 heavy (non-hydrogen) atoms. The van der Waals surface area contributed by atoms with Crippen molar-refractivity contribution in [3.05, 3.63) is 64.7 Å². The fourth-order valence-electron chi connectivity index (χ4n) is 6.54. The number of nitrogens with one attached hydrogen (secondary N) is 1. The van der Waals surface area contributed by atoms with Crippen LogP contribution >= 0.6 is 0 Å². The number of hydrogen-bond donors (Lipinski definition) is 2. The van der Waals surface area contributed by atoms with E-state index in [1.807, 2.05) is 29.2 Å². The smallest absolute Gasteiger partial charge is 0.303 e. The Hall–Kier alpha value is -3.51. The molecule has 3 aromatic rings. The molecular weight excluding hydrogens is 552 g/mol. The van der Waals surface area contributed by atoms with E-state index in [9.17, 15) is 18.0 Å². The number of fused-ring (bicyclic) bond motifs is 5. The van der Waals surface area contributed by atoms with E-state index in [-0.39, 0.29) is 11.5 Å². The third-order valence-corrected chi connectivity index (χ3v) is 10.2. The molecule has 3 N–H and O–H groups in total. The third kappa shape index (κ3) is 5.26. The highest BCUT2D eigenvalue weighted by Gasteiger charge is 2.32. The zero-order valence-corrected chi connectivity index (χ0v) is 25.0. The summed E-state index contributed by atoms with van der Waals surface area (Å²) in [6.07, 6.45) is 7.73. The van der Waals surface area contributed by atoms with Gasteiger partial charge in [0.15, 0.2) is 0 Å². The SMILES string of the molecule is CN(C)S(=O)(=O)NC(=O)c1ccc2c(C3CCCCC3)c3n(c2c1)CC(C(=O)N1CCN(N)CC1)=Cc1ccccc1-3. The molecule has 1 aromatic heterocycles. The Bertz CT molecular complexity index is 1680. The predicted molar refractivity (Wildman–Crippen MR) is 164 cm³/mol. The van der Waals surface area contributed by atoms with Crippen LogP contribution in [0.2, 0.25) is 0 Å². The van der Waals surface area contributed by atoms with Crippen LogP contribution in [0.1, 0.15) is 59.5 Å². The number of hydrogen-bond acceptors (Lipinski definition) is 6. The maximum atomic E-state index is 13.9. The van der Waals surface area contributed by atoms with Gasteiger partial charge in [-0.3, -0.25) is 15.4 Å². The van der Waals surface area contributed by atoms with Crippen molar-refractivity contribution in [1.29, 1.82) is 0 Å². The van der Waals surface area contributed by atoms with E-state index in [0.29, 0.717) is 44.2 Å². The van der Waals surface area contributed by atoms with Gasteiger partial charge in [-0.05, 0) is 48.1 Å². The van der Waals surface area contributed by atoms with E-state index in [1.165, 1.54) is 26.1 Å². The average Bonchev–Trinajstić information content (AvgIpc) is 3.19. The molecular formula is C31H38N6O4S. The number of aromatic nitrogens is 1. The summed E-state index contributed by atoms with van der Waals surface area (Å²) in [7, 11) is -1.21. The highest BCUT2D eigenvalue weighted by atomic mass is 32.2. The highest BCUT2D eigenvalue weighted by Crippen LogP contribution is 2.46. The standard InChI is InChI=1S/C31H38N6O4S/c1-34(2)42(40,41)33-30(38)23-12-13-26-27(19-23)37-20-24(31(39)35-14-16-36(32)17-15-35)18-22-10-6-7-11-25(22)29(37)28(26)21-8-4-3-5-9-21/h6-7,10-13,18-19,21H,3-5,8-9,14-17,20,32H2,1-2H3,(H,33,38). The van der Waals surface area contributed by atoms with Crippen LogP contribution in [0.3, 0.4) is 0 Å². The Morgan fingerprint density at radius 2 is 1.69 bits per heavy atom. The average molecular weight is 591 g/mol. The fourth-order valence-corrected chi connectivity index (χ4v) is 7.08. The maximum absolute atomic E-state index is 13.9. The quantitative estimate of drug-likeness (QED) is 0.440. The van der Waals surface area contributed by atoms with Gasteiger partial charge in [0.25, 0.3) is 11.8 Å². The summed E-state index contributed by atoms with van der Waals surface area (Å²) in [6, 6.07) is 13.6. The molecule has 1 saturated heterocycles. The highest BCUT2D eigenvalue weighted by molar-refractivity contribution is 7.87. The monoisotopic (exact) mass is 590 g/mol. The lowest BCUT2D eigenvalue weighted by atomic mass is 9.81. The number of nitrogens with two attached hydrogens (primary N) is 1. The summed E-state index contributed by atoms with van der Waals surface area (Å²) in [4.78, 5) is 28.9. The Balaban J connectivity index is 1.52. The molecule has 1 aliphatic carbocycles. The van der Waals surface area contributed by atoms with E-state index in [4.69, 9.17) is 5.84 Å². The third-order valence-electron chi connectivity index (χ3n) is 8.83. The van der Waals surface area contributed by atoms with E-state index < -0.39 is 16.1 Å². The molecule has 11 heteroatoms. The van der Waals surface area contributed by atoms with E-state index >= 15 is 0 Å². The van der Waals surface area contributed by atoms with Gasteiger partial charge in [0.2, 0.25) is 0 Å². The van der Waals surface area contributed by atoms with Crippen molar-refractivity contribution < 1.29 is 18.0 Å². The van der Waals surface area contributed by atoms with Crippen LogP contribution < -0.4 is 10.6 Å². The first-order chi connectivity index (χ1) is 20.1. The van der Waals surface area contributed by atoms with Gasteiger partial charge in [-0.2, -0.15) is 12.7 Å². The molecule has 0 unspecified atom stereocenters. The molecule has 2 aromatic carbocycles. The van der Waals surface area contributed by atoms with Crippen LogP contribution in [0.5, 0.6) is 0 Å². The molecule has 0 radical (unpaired) electrons. The molecule has 222 valence electrons. The summed E-state index contributed by atoms with van der Waals surface area (Å²) in [6.45, 7) is 2.70. The van der Waals surface area contributed by atoms with E-state index in [2.05, 4.69) is 21.4 Å². The lowest BCUT2D eigenvalue weighted by Gasteiger charge is -2.32. The number of rotatable bonds is 5. The number of carbonyl (C=O) groups excluding carboxylic acids is 2. The van der Waals surface area contributed by atoms with Crippen LogP contribution in [0.4, 0.5) is 0 Å². The number of nitrogens with zero attached hydrogens (tertiary/aromatic N) is 4. The Morgan fingerprint density at radius 3 is 2.40 bits per heavy atom. The van der Waals surface area contributed by atoms with Crippen molar-refractivity contribution in [2.75, 3.05) is 40.3 Å². The van der Waals surface area contributed by atoms with Gasteiger partial charge in [-0.15, -0.1) is 0 Å². The van der Waals surface area contributed by atoms with E-state index in [0.717, 1.165) is 57.7 Å². The minimum Gasteiger partial charge on any atom is -0.336 e. The molecule has 2 aliphatic heterocycles. The van der Waals surface area contributed by atoms with Gasteiger partial charge in [0.05, 0.1) is 12.2 Å². The lowest BCUT2D eigenvalue weighted by Crippen LogP contribution is -2.51. The second-order valence-electron chi connectivity index (χ2n) is 11.7. The summed E-state index contributed by atoms with van der Waals surface area (Å²) in [5.74, 6) is 5.61. The minimum atomic E-state index is -3.95. The lowest BCUT2D eigenvalue weighted by molar-refractivity contribution is -0.129. The van der Waals surface area contributed by atoms with Gasteiger partial charge < -0.3 is 9.47 Å². The van der Waals surface area contributed by atoms with Crippen LogP contribution in [-0.2, 0) is 21.5 Å². The zero-order valence-electron chi connectivity index (χ0n) is 24.2. The molecule has 1 saturated carbocycles. The first-order valence-electron chi connectivity index (χ1n) is 14.6. The van der Waals surface area contributed by atoms with Crippen LogP contribution in [0.15, 0.2) is 48.0 Å². The predicted octanol–water partition coefficient (Wildman–Crippen LogP) is 3.31. The van der Waals surface area contributed by atoms with Gasteiger partial charge in [0, 0.05) is 67.9 Å². The Morgan fingerprint density at radius 1 is 0.976 bits per heavy atom. The normalized spacial score (nSPS) is 18.4. The summed E-state index contributed by atoms with van der Waals surface area (Å²) in [5, 5.41) is 2.78. The number of benzene rings is 2. The summed E-state index contributed by atoms with van der Waals surface area (Å²) in [5.41, 5.74) is 6.13. The van der Waals surface area contributed by atoms with Gasteiger partial charge in [-0.25, -0.2) is 9.73 Å². The molecule has 3 aliphatic rings. The number of piperazine rings is 1. The molecule has 10 nitrogen and oxygen atoms in total. The maximum Gasteiger partial charge on any atom is 0.303 e. The van der Waals surface area contributed by atoms with Crippen molar-refractivity contribution in [2.45, 2.75) is 44.6 Å². The molecule has 2 amide bonds. The summed E-state index contributed by atoms with van der Waals surface area (Å²) >= 11 is 0. The van der Waals surface area contributed by atoms with Crippen molar-refractivity contribution in [2.24, 2.45) is 5.84 Å². The zero-order chi connectivity index (χ0) is 29.6. The van der Waals surface area contributed by atoms with Crippen molar-refractivity contribution >= 4 is 39.0 Å². The van der Waals surface area contributed by atoms with Crippen LogP contribution in [-0.4, -0.2) is 79.3 Å². The minimum absolute atomic E-state index is 0.0159. The fraction of sp³-hybridized carbons (Fsp3) is 0.419. The molecule has 0 bridgehead atoms. The Kier molecular flexibility index (Phi) is 7.69. The van der Waals surface area contributed by atoms with Gasteiger partial charge in [0.1, 0.15) is 0 Å².